The molecule has 4 saturated carbocycles. The van der Waals surface area contributed by atoms with Crippen molar-refractivity contribution in [1.29, 1.82) is 0 Å². The number of halogens is 1. The third kappa shape index (κ3) is 1.97. The molecule has 0 aromatic heterocycles. The highest BCUT2D eigenvalue weighted by Crippen LogP contribution is 2.55. The summed E-state index contributed by atoms with van der Waals surface area (Å²) in [5.74, 6) is 3.16. The van der Waals surface area contributed by atoms with Crippen molar-refractivity contribution in [2.75, 3.05) is 6.54 Å². The number of hydrogen-bond donors (Lipinski definition) is 1. The molecule has 0 aliphatic heterocycles. The average Bonchev–Trinajstić information content (AvgIpc) is 2.12. The van der Waals surface area contributed by atoms with E-state index in [1.165, 1.54) is 38.5 Å². The first-order chi connectivity index (χ1) is 6.80. The summed E-state index contributed by atoms with van der Waals surface area (Å²) in [5.41, 5.74) is 0.531. The van der Waals surface area contributed by atoms with Crippen LogP contribution in [0.1, 0.15) is 38.5 Å². The van der Waals surface area contributed by atoms with Gasteiger partial charge in [0.25, 0.3) is 0 Å². The minimum Gasteiger partial charge on any atom is -0.308 e. The van der Waals surface area contributed by atoms with E-state index in [2.05, 4.69) is 11.9 Å². The molecule has 4 bridgehead atoms. The first kappa shape index (κ1) is 11.5. The molecule has 1 nitrogen and oxygen atoms in total. The van der Waals surface area contributed by atoms with E-state index >= 15 is 0 Å². The Kier molecular flexibility index (Phi) is 3.14. The van der Waals surface area contributed by atoms with E-state index in [-0.39, 0.29) is 12.4 Å². The van der Waals surface area contributed by atoms with E-state index in [1.54, 1.807) is 0 Å². The highest BCUT2D eigenvalue weighted by atomic mass is 35.5. The molecule has 0 heterocycles. The van der Waals surface area contributed by atoms with Crippen LogP contribution in [0, 0.1) is 17.8 Å². The normalized spacial score (nSPS) is 46.3. The Morgan fingerprint density at radius 2 is 1.53 bits per heavy atom. The fourth-order valence-electron chi connectivity index (χ4n) is 4.62. The van der Waals surface area contributed by atoms with Crippen LogP contribution in [0.15, 0.2) is 12.7 Å². The van der Waals surface area contributed by atoms with Crippen LogP contribution in [-0.4, -0.2) is 12.1 Å². The molecule has 0 aromatic rings. The average molecular weight is 228 g/mol. The van der Waals surface area contributed by atoms with Gasteiger partial charge in [0.1, 0.15) is 0 Å². The molecule has 4 aliphatic rings. The molecule has 0 saturated heterocycles. The summed E-state index contributed by atoms with van der Waals surface area (Å²) >= 11 is 0. The van der Waals surface area contributed by atoms with Crippen LogP contribution in [0.5, 0.6) is 0 Å². The second kappa shape index (κ2) is 4.10. The minimum atomic E-state index is 0. The van der Waals surface area contributed by atoms with Crippen LogP contribution in [0.4, 0.5) is 0 Å². The van der Waals surface area contributed by atoms with Gasteiger partial charge in [-0.3, -0.25) is 0 Å². The molecule has 0 spiro atoms. The fourth-order valence-corrected chi connectivity index (χ4v) is 4.62. The van der Waals surface area contributed by atoms with E-state index in [4.69, 9.17) is 0 Å². The number of rotatable bonds is 3. The monoisotopic (exact) mass is 227 g/mol. The van der Waals surface area contributed by atoms with Crippen LogP contribution >= 0.6 is 12.4 Å². The molecular formula is C13H22ClN. The van der Waals surface area contributed by atoms with Crippen molar-refractivity contribution < 1.29 is 0 Å². The number of nitrogens with one attached hydrogen (secondary N) is 1. The lowest BCUT2D eigenvalue weighted by atomic mass is 9.53. The van der Waals surface area contributed by atoms with Gasteiger partial charge in [-0.25, -0.2) is 0 Å². The van der Waals surface area contributed by atoms with Gasteiger partial charge in [0.15, 0.2) is 0 Å². The molecule has 4 aliphatic carbocycles. The molecule has 0 atom stereocenters. The van der Waals surface area contributed by atoms with Crippen LogP contribution in [0.2, 0.25) is 0 Å². The maximum atomic E-state index is 3.82. The molecule has 2 heteroatoms. The Balaban J connectivity index is 0.000000853. The summed E-state index contributed by atoms with van der Waals surface area (Å²) in [7, 11) is 0. The van der Waals surface area contributed by atoms with Gasteiger partial charge in [0.2, 0.25) is 0 Å². The molecule has 15 heavy (non-hydrogen) atoms. The molecule has 0 radical (unpaired) electrons. The van der Waals surface area contributed by atoms with Crippen molar-refractivity contribution in [2.24, 2.45) is 17.8 Å². The standard InChI is InChI=1S/C13H21N.ClH/c1-2-3-14-13-7-10-4-11(8-13)6-12(5-10)9-13;/h2,10-12,14H,1,3-9H2;1H. The third-order valence-electron chi connectivity index (χ3n) is 4.66. The summed E-state index contributed by atoms with van der Waals surface area (Å²) in [6, 6.07) is 0. The molecular weight excluding hydrogens is 206 g/mol. The number of hydrogen-bond acceptors (Lipinski definition) is 1. The third-order valence-corrected chi connectivity index (χ3v) is 4.66. The van der Waals surface area contributed by atoms with E-state index in [0.29, 0.717) is 5.54 Å². The largest absolute Gasteiger partial charge is 0.308 e. The molecule has 4 fully saturated rings. The molecule has 0 aromatic carbocycles. The lowest BCUT2D eigenvalue weighted by molar-refractivity contribution is -0.0178. The van der Waals surface area contributed by atoms with Crippen molar-refractivity contribution in [1.82, 2.24) is 5.32 Å². The second-order valence-corrected chi connectivity index (χ2v) is 5.87. The Labute approximate surface area is 99.1 Å². The molecule has 1 N–H and O–H groups in total. The van der Waals surface area contributed by atoms with Crippen LogP contribution in [0.25, 0.3) is 0 Å². The first-order valence-corrected chi connectivity index (χ1v) is 6.15. The molecule has 86 valence electrons. The topological polar surface area (TPSA) is 12.0 Å². The van der Waals surface area contributed by atoms with E-state index in [0.717, 1.165) is 24.3 Å². The second-order valence-electron chi connectivity index (χ2n) is 5.87. The van der Waals surface area contributed by atoms with Gasteiger partial charge < -0.3 is 5.32 Å². The predicted molar refractivity (Wildman–Crippen MR) is 66.4 cm³/mol. The minimum absolute atomic E-state index is 0. The zero-order chi connectivity index (χ0) is 9.60. The van der Waals surface area contributed by atoms with Crippen molar-refractivity contribution in [3.8, 4) is 0 Å². The fraction of sp³-hybridized carbons (Fsp3) is 0.846. The Morgan fingerprint density at radius 3 is 1.93 bits per heavy atom. The Bertz CT molecular complexity index is 214. The Morgan fingerprint density at radius 1 is 1.07 bits per heavy atom. The van der Waals surface area contributed by atoms with Crippen molar-refractivity contribution in [2.45, 2.75) is 44.1 Å². The van der Waals surface area contributed by atoms with E-state index in [1.807, 2.05) is 6.08 Å². The summed E-state index contributed by atoms with van der Waals surface area (Å²) in [6.45, 7) is 4.82. The van der Waals surface area contributed by atoms with Crippen LogP contribution in [0.3, 0.4) is 0 Å². The van der Waals surface area contributed by atoms with Gasteiger partial charge in [0.05, 0.1) is 0 Å². The van der Waals surface area contributed by atoms with Gasteiger partial charge in [-0.2, -0.15) is 0 Å². The SMILES string of the molecule is C=CCNC12CC3CC(CC(C3)C1)C2.Cl. The summed E-state index contributed by atoms with van der Waals surface area (Å²) in [5, 5.41) is 3.76. The van der Waals surface area contributed by atoms with Crippen LogP contribution < -0.4 is 5.32 Å². The van der Waals surface area contributed by atoms with Gasteiger partial charge in [-0.1, -0.05) is 6.08 Å². The van der Waals surface area contributed by atoms with Gasteiger partial charge >= 0.3 is 0 Å². The van der Waals surface area contributed by atoms with Crippen LogP contribution in [-0.2, 0) is 0 Å². The lowest BCUT2D eigenvalue weighted by Crippen LogP contribution is -2.58. The quantitative estimate of drug-likeness (QED) is 0.731. The van der Waals surface area contributed by atoms with Gasteiger partial charge in [-0.05, 0) is 56.3 Å². The van der Waals surface area contributed by atoms with Gasteiger partial charge in [0, 0.05) is 12.1 Å². The Hall–Kier alpha value is -0.0100. The summed E-state index contributed by atoms with van der Waals surface area (Å²) in [6.07, 6.45) is 11.0. The molecule has 0 unspecified atom stereocenters. The van der Waals surface area contributed by atoms with Gasteiger partial charge in [-0.15, -0.1) is 19.0 Å². The van der Waals surface area contributed by atoms with E-state index < -0.39 is 0 Å². The zero-order valence-corrected chi connectivity index (χ0v) is 10.2. The highest BCUT2D eigenvalue weighted by Gasteiger charge is 2.50. The summed E-state index contributed by atoms with van der Waals surface area (Å²) < 4.78 is 0. The van der Waals surface area contributed by atoms with E-state index in [9.17, 15) is 0 Å². The molecule has 4 rings (SSSR count). The first-order valence-electron chi connectivity index (χ1n) is 6.15. The zero-order valence-electron chi connectivity index (χ0n) is 9.37. The maximum Gasteiger partial charge on any atom is 0.0192 e. The van der Waals surface area contributed by atoms with Crippen molar-refractivity contribution >= 4 is 12.4 Å². The maximum absolute atomic E-state index is 3.82. The highest BCUT2D eigenvalue weighted by molar-refractivity contribution is 5.85. The smallest absolute Gasteiger partial charge is 0.0192 e. The lowest BCUT2D eigenvalue weighted by Gasteiger charge is -2.57. The molecule has 0 amide bonds. The predicted octanol–water partition coefficient (Wildman–Crippen LogP) is 3.15. The van der Waals surface area contributed by atoms with Crippen molar-refractivity contribution in [3.63, 3.8) is 0 Å². The van der Waals surface area contributed by atoms with Crippen molar-refractivity contribution in [3.05, 3.63) is 12.7 Å². The summed E-state index contributed by atoms with van der Waals surface area (Å²) in [4.78, 5) is 0.